The quantitative estimate of drug-likeness (QED) is 0.682. The number of carbonyl (C=O) groups is 2. The van der Waals surface area contributed by atoms with Gasteiger partial charge in [-0.2, -0.15) is 0 Å². The zero-order valence-electron chi connectivity index (χ0n) is 15.0. The molecule has 3 aromatic rings. The molecule has 1 aliphatic rings. The number of benzene rings is 1. The van der Waals surface area contributed by atoms with E-state index in [-0.39, 0.29) is 11.5 Å². The Balaban J connectivity index is 1.54. The van der Waals surface area contributed by atoms with Crippen molar-refractivity contribution >= 4 is 34.7 Å². The van der Waals surface area contributed by atoms with Crippen LogP contribution in [0.5, 0.6) is 0 Å². The molecule has 1 aromatic carbocycles. The number of carboxylic acid groups (broad SMARTS) is 1. The molecule has 0 spiro atoms. The lowest BCUT2D eigenvalue weighted by atomic mass is 9.99. The number of amides is 1. The molecule has 1 amide bonds. The van der Waals surface area contributed by atoms with Gasteiger partial charge in [0.15, 0.2) is 0 Å². The van der Waals surface area contributed by atoms with Crippen LogP contribution in [0.2, 0.25) is 0 Å². The Morgan fingerprint density at radius 3 is 2.71 bits per heavy atom. The van der Waals surface area contributed by atoms with E-state index in [1.165, 1.54) is 29.2 Å². The maximum atomic E-state index is 12.2. The number of nitrogens with one attached hydrogen (secondary N) is 1. The molecule has 1 unspecified atom stereocenters. The first-order chi connectivity index (χ1) is 13.6. The number of anilines is 2. The third-order valence-corrected chi connectivity index (χ3v) is 5.73. The predicted octanol–water partition coefficient (Wildman–Crippen LogP) is 4.09. The molecule has 6 nitrogen and oxygen atoms in total. The molecule has 1 saturated heterocycles. The number of pyridine rings is 1. The molecule has 2 N–H and O–H groups in total. The Kier molecular flexibility index (Phi) is 5.08. The summed E-state index contributed by atoms with van der Waals surface area (Å²) < 4.78 is 0. The Hall–Kier alpha value is -3.19. The van der Waals surface area contributed by atoms with Crippen molar-refractivity contribution in [3.05, 3.63) is 76.1 Å². The highest BCUT2D eigenvalue weighted by atomic mass is 32.1. The molecular formula is C21H19N3O3S. The average Bonchev–Trinajstić information content (AvgIpc) is 3.41. The van der Waals surface area contributed by atoms with Crippen molar-refractivity contribution in [2.24, 2.45) is 0 Å². The van der Waals surface area contributed by atoms with Gasteiger partial charge in [-0.1, -0.05) is 36.4 Å². The predicted molar refractivity (Wildman–Crippen MR) is 109 cm³/mol. The molecule has 1 fully saturated rings. The van der Waals surface area contributed by atoms with Gasteiger partial charge < -0.3 is 15.3 Å². The zero-order chi connectivity index (χ0) is 19.5. The fraction of sp³-hybridized carbons (Fsp3) is 0.190. The number of rotatable bonds is 5. The third kappa shape index (κ3) is 3.75. The van der Waals surface area contributed by atoms with Crippen molar-refractivity contribution in [1.29, 1.82) is 0 Å². The standard InChI is InChI=1S/C21H19N3O3S/c25-20(18-7-4-10-28-18)23-16-11-17(21(26)27)19(22-12-16)24-9-8-15(13-24)14-5-2-1-3-6-14/h1-7,10-12,15H,8-9,13H2,(H,23,25)(H,26,27). The number of carboxylic acids is 1. The first-order valence-electron chi connectivity index (χ1n) is 9.00. The largest absolute Gasteiger partial charge is 0.478 e. The maximum absolute atomic E-state index is 12.2. The fourth-order valence-electron chi connectivity index (χ4n) is 3.49. The lowest BCUT2D eigenvalue weighted by molar-refractivity contribution is 0.0697. The van der Waals surface area contributed by atoms with Crippen molar-refractivity contribution in [3.63, 3.8) is 0 Å². The molecular weight excluding hydrogens is 374 g/mol. The van der Waals surface area contributed by atoms with Gasteiger partial charge in [-0.3, -0.25) is 4.79 Å². The number of hydrogen-bond acceptors (Lipinski definition) is 5. The van der Waals surface area contributed by atoms with Crippen LogP contribution in [-0.2, 0) is 0 Å². The van der Waals surface area contributed by atoms with Gasteiger partial charge in [-0.25, -0.2) is 9.78 Å². The summed E-state index contributed by atoms with van der Waals surface area (Å²) in [6.07, 6.45) is 2.46. The minimum absolute atomic E-state index is 0.0951. The highest BCUT2D eigenvalue weighted by Gasteiger charge is 2.28. The van der Waals surface area contributed by atoms with Gasteiger partial charge in [0.05, 0.1) is 16.8 Å². The highest BCUT2D eigenvalue weighted by molar-refractivity contribution is 7.12. The summed E-state index contributed by atoms with van der Waals surface area (Å²) in [5.74, 6) is -0.535. The van der Waals surface area contributed by atoms with Gasteiger partial charge in [0.25, 0.3) is 5.91 Å². The molecule has 1 aliphatic heterocycles. The molecule has 4 rings (SSSR count). The fourth-order valence-corrected chi connectivity index (χ4v) is 4.10. The Labute approximate surface area is 166 Å². The molecule has 0 bridgehead atoms. The van der Waals surface area contributed by atoms with E-state index in [2.05, 4.69) is 22.4 Å². The number of hydrogen-bond donors (Lipinski definition) is 2. The summed E-state index contributed by atoms with van der Waals surface area (Å²) in [7, 11) is 0. The van der Waals surface area contributed by atoms with Crippen molar-refractivity contribution < 1.29 is 14.7 Å². The summed E-state index contributed by atoms with van der Waals surface area (Å²) >= 11 is 1.33. The molecule has 0 radical (unpaired) electrons. The van der Waals surface area contributed by atoms with Crippen LogP contribution in [0, 0.1) is 0 Å². The highest BCUT2D eigenvalue weighted by Crippen LogP contribution is 2.32. The van der Waals surface area contributed by atoms with E-state index in [9.17, 15) is 14.7 Å². The van der Waals surface area contributed by atoms with E-state index < -0.39 is 5.97 Å². The zero-order valence-corrected chi connectivity index (χ0v) is 15.9. The number of thiophene rings is 1. The molecule has 142 valence electrons. The topological polar surface area (TPSA) is 82.5 Å². The molecule has 28 heavy (non-hydrogen) atoms. The molecule has 2 aromatic heterocycles. The number of aromatic carboxylic acids is 1. The number of aromatic nitrogens is 1. The van der Waals surface area contributed by atoms with Gasteiger partial charge in [-0.05, 0) is 29.5 Å². The molecule has 1 atom stereocenters. The van der Waals surface area contributed by atoms with E-state index in [0.29, 0.717) is 22.3 Å². The average molecular weight is 393 g/mol. The maximum Gasteiger partial charge on any atom is 0.339 e. The monoisotopic (exact) mass is 393 g/mol. The second kappa shape index (κ2) is 7.82. The SMILES string of the molecule is O=C(Nc1cnc(N2CCC(c3ccccc3)C2)c(C(=O)O)c1)c1cccs1. The Bertz CT molecular complexity index is 989. The lowest BCUT2D eigenvalue weighted by Gasteiger charge is -2.20. The van der Waals surface area contributed by atoms with Crippen LogP contribution in [0.15, 0.2) is 60.1 Å². The second-order valence-electron chi connectivity index (χ2n) is 6.67. The van der Waals surface area contributed by atoms with Gasteiger partial charge in [0, 0.05) is 19.0 Å². The van der Waals surface area contributed by atoms with Crippen LogP contribution in [0.3, 0.4) is 0 Å². The first kappa shape index (κ1) is 18.2. The van der Waals surface area contributed by atoms with E-state index in [1.807, 2.05) is 28.5 Å². The van der Waals surface area contributed by atoms with Crippen molar-refractivity contribution in [3.8, 4) is 0 Å². The van der Waals surface area contributed by atoms with Crippen LogP contribution in [0.1, 0.15) is 37.9 Å². The van der Waals surface area contributed by atoms with E-state index in [1.54, 1.807) is 12.1 Å². The molecule has 7 heteroatoms. The van der Waals surface area contributed by atoms with Crippen molar-refractivity contribution in [1.82, 2.24) is 4.98 Å². The summed E-state index contributed by atoms with van der Waals surface area (Å²) in [6, 6.07) is 15.2. The van der Waals surface area contributed by atoms with E-state index in [0.717, 1.165) is 19.5 Å². The minimum atomic E-state index is -1.06. The molecule has 0 saturated carbocycles. The lowest BCUT2D eigenvalue weighted by Crippen LogP contribution is -2.23. The summed E-state index contributed by atoms with van der Waals surface area (Å²) in [4.78, 5) is 31.0. The number of nitrogens with zero attached hydrogens (tertiary/aromatic N) is 2. The smallest absolute Gasteiger partial charge is 0.339 e. The van der Waals surface area contributed by atoms with Gasteiger partial charge in [-0.15, -0.1) is 11.3 Å². The van der Waals surface area contributed by atoms with Crippen molar-refractivity contribution in [2.75, 3.05) is 23.3 Å². The third-order valence-electron chi connectivity index (χ3n) is 4.86. The Morgan fingerprint density at radius 2 is 2.00 bits per heavy atom. The van der Waals surface area contributed by atoms with Crippen LogP contribution in [0.25, 0.3) is 0 Å². The minimum Gasteiger partial charge on any atom is -0.478 e. The van der Waals surface area contributed by atoms with Gasteiger partial charge in [0.1, 0.15) is 11.4 Å². The normalized spacial score (nSPS) is 16.1. The van der Waals surface area contributed by atoms with Crippen LogP contribution in [-0.4, -0.2) is 35.1 Å². The van der Waals surface area contributed by atoms with E-state index >= 15 is 0 Å². The summed E-state index contributed by atoms with van der Waals surface area (Å²) in [6.45, 7) is 1.46. The van der Waals surface area contributed by atoms with Crippen molar-refractivity contribution in [2.45, 2.75) is 12.3 Å². The van der Waals surface area contributed by atoms with Crippen LogP contribution >= 0.6 is 11.3 Å². The molecule has 3 heterocycles. The Morgan fingerprint density at radius 1 is 1.18 bits per heavy atom. The molecule has 0 aliphatic carbocycles. The van der Waals surface area contributed by atoms with Crippen LogP contribution < -0.4 is 10.2 Å². The first-order valence-corrected chi connectivity index (χ1v) is 9.88. The van der Waals surface area contributed by atoms with Gasteiger partial charge >= 0.3 is 5.97 Å². The number of carbonyl (C=O) groups excluding carboxylic acids is 1. The second-order valence-corrected chi connectivity index (χ2v) is 7.62. The van der Waals surface area contributed by atoms with E-state index in [4.69, 9.17) is 0 Å². The summed E-state index contributed by atoms with van der Waals surface area (Å²) in [5, 5.41) is 14.2. The van der Waals surface area contributed by atoms with Gasteiger partial charge in [0.2, 0.25) is 0 Å². The summed E-state index contributed by atoms with van der Waals surface area (Å²) in [5.41, 5.74) is 1.72. The van der Waals surface area contributed by atoms with Crippen LogP contribution in [0.4, 0.5) is 11.5 Å².